The van der Waals surface area contributed by atoms with Gasteiger partial charge in [-0.05, 0) is 60.7 Å². The molecule has 150 valence electrons. The first kappa shape index (κ1) is 19.5. The fourth-order valence-electron chi connectivity index (χ4n) is 3.52. The minimum atomic E-state index is -0.225. The number of nitrogens with zero attached hydrogens (tertiary/aromatic N) is 3. The predicted octanol–water partition coefficient (Wildman–Crippen LogP) is 6.32. The maximum Gasteiger partial charge on any atom is 0.266 e. The molecule has 0 unspecified atom stereocenters. The van der Waals surface area contributed by atoms with Crippen LogP contribution in [0, 0.1) is 0 Å². The van der Waals surface area contributed by atoms with Gasteiger partial charge >= 0.3 is 0 Å². The summed E-state index contributed by atoms with van der Waals surface area (Å²) >= 11 is 7.71. The van der Waals surface area contributed by atoms with Crippen LogP contribution in [0.3, 0.4) is 0 Å². The Morgan fingerprint density at radius 3 is 2.03 bits per heavy atom. The molecule has 1 aromatic heterocycles. The Bertz CT molecular complexity index is 1220. The van der Waals surface area contributed by atoms with Crippen LogP contribution in [0.15, 0.2) is 113 Å². The van der Waals surface area contributed by atoms with Gasteiger partial charge in [-0.25, -0.2) is 0 Å². The zero-order chi connectivity index (χ0) is 21.2. The van der Waals surface area contributed by atoms with Gasteiger partial charge in [0.05, 0.1) is 22.6 Å². The van der Waals surface area contributed by atoms with Crippen LogP contribution in [-0.4, -0.2) is 16.0 Å². The van der Waals surface area contributed by atoms with E-state index in [2.05, 4.69) is 17.1 Å². The third-order valence-corrected chi connectivity index (χ3v) is 6.44. The first-order chi connectivity index (χ1) is 15.2. The van der Waals surface area contributed by atoms with Crippen molar-refractivity contribution in [1.82, 2.24) is 4.98 Å². The molecule has 5 rings (SSSR count). The SMILES string of the molecule is O=C(c1cccnc1)N(C(=S)N1c2ccccc2Sc2ccccc21)c1ccccc1. The Balaban J connectivity index is 1.67. The molecule has 4 aromatic rings. The Labute approximate surface area is 190 Å². The van der Waals surface area contributed by atoms with Crippen molar-refractivity contribution in [2.75, 3.05) is 9.80 Å². The molecule has 0 atom stereocenters. The van der Waals surface area contributed by atoms with Gasteiger partial charge in [-0.15, -0.1) is 0 Å². The van der Waals surface area contributed by atoms with Crippen molar-refractivity contribution >= 4 is 52.1 Å². The lowest BCUT2D eigenvalue weighted by Gasteiger charge is -2.36. The summed E-state index contributed by atoms with van der Waals surface area (Å²) < 4.78 is 0. The van der Waals surface area contributed by atoms with Gasteiger partial charge in [-0.2, -0.15) is 0 Å². The Hall–Kier alpha value is -3.48. The maximum absolute atomic E-state index is 13.6. The van der Waals surface area contributed by atoms with E-state index in [-0.39, 0.29) is 5.91 Å². The molecule has 0 spiro atoms. The van der Waals surface area contributed by atoms with Crippen molar-refractivity contribution in [2.24, 2.45) is 0 Å². The fraction of sp³-hybridized carbons (Fsp3) is 0. The molecule has 1 amide bonds. The number of amides is 1. The predicted molar refractivity (Wildman–Crippen MR) is 129 cm³/mol. The highest BCUT2D eigenvalue weighted by molar-refractivity contribution is 7.99. The fourth-order valence-corrected chi connectivity index (χ4v) is 4.96. The number of para-hydroxylation sites is 3. The molecule has 3 aromatic carbocycles. The standard InChI is InChI=1S/C25H17N3OS2/c29-24(18-9-8-16-26-17-18)27(19-10-2-1-3-11-19)25(30)28-20-12-4-6-14-22(20)31-23-15-7-5-13-21(23)28/h1-17H. The number of pyridine rings is 1. The van der Waals surface area contributed by atoms with Gasteiger partial charge in [-0.1, -0.05) is 54.2 Å². The van der Waals surface area contributed by atoms with Gasteiger partial charge in [0, 0.05) is 22.2 Å². The molecule has 0 radical (unpaired) electrons. The molecule has 31 heavy (non-hydrogen) atoms. The molecule has 0 N–H and O–H groups in total. The highest BCUT2D eigenvalue weighted by Gasteiger charge is 2.32. The molecular formula is C25H17N3OS2. The van der Waals surface area contributed by atoms with E-state index >= 15 is 0 Å². The largest absolute Gasteiger partial charge is 0.285 e. The van der Waals surface area contributed by atoms with E-state index in [0.29, 0.717) is 16.4 Å². The Kier molecular flexibility index (Phi) is 5.24. The summed E-state index contributed by atoms with van der Waals surface area (Å²) in [4.78, 5) is 23.5. The van der Waals surface area contributed by atoms with E-state index in [1.54, 1.807) is 41.2 Å². The van der Waals surface area contributed by atoms with E-state index in [1.807, 2.05) is 71.6 Å². The molecule has 0 aliphatic carbocycles. The quantitative estimate of drug-likeness (QED) is 0.342. The highest BCUT2D eigenvalue weighted by atomic mass is 32.2. The first-order valence-corrected chi connectivity index (χ1v) is 11.0. The number of benzene rings is 3. The second-order valence-corrected chi connectivity index (χ2v) is 8.32. The van der Waals surface area contributed by atoms with Crippen LogP contribution in [0.2, 0.25) is 0 Å². The van der Waals surface area contributed by atoms with Gasteiger partial charge < -0.3 is 0 Å². The number of fused-ring (bicyclic) bond motifs is 2. The number of rotatable bonds is 2. The highest BCUT2D eigenvalue weighted by Crippen LogP contribution is 2.48. The van der Waals surface area contributed by atoms with Crippen LogP contribution in [0.25, 0.3) is 0 Å². The number of aromatic nitrogens is 1. The lowest BCUT2D eigenvalue weighted by molar-refractivity contribution is 0.100. The van der Waals surface area contributed by atoms with Gasteiger partial charge in [0.15, 0.2) is 5.11 Å². The average molecular weight is 440 g/mol. The second kappa shape index (κ2) is 8.34. The van der Waals surface area contributed by atoms with Gasteiger partial charge in [0.2, 0.25) is 0 Å². The van der Waals surface area contributed by atoms with Gasteiger partial charge in [0.25, 0.3) is 5.91 Å². The third-order valence-electron chi connectivity index (χ3n) is 4.94. The summed E-state index contributed by atoms with van der Waals surface area (Å²) in [7, 11) is 0. The molecule has 0 saturated heterocycles. The van der Waals surface area contributed by atoms with E-state index in [1.165, 1.54) is 0 Å². The molecule has 0 fully saturated rings. The van der Waals surface area contributed by atoms with Crippen LogP contribution in [-0.2, 0) is 0 Å². The first-order valence-electron chi connectivity index (χ1n) is 9.73. The monoisotopic (exact) mass is 439 g/mol. The van der Waals surface area contributed by atoms with Crippen molar-refractivity contribution in [3.8, 4) is 0 Å². The summed E-state index contributed by atoms with van der Waals surface area (Å²) in [5, 5.41) is 0.389. The zero-order valence-corrected chi connectivity index (χ0v) is 18.0. The van der Waals surface area contributed by atoms with Crippen LogP contribution in [0.1, 0.15) is 10.4 Å². The van der Waals surface area contributed by atoms with Crippen LogP contribution < -0.4 is 9.80 Å². The van der Waals surface area contributed by atoms with Crippen molar-refractivity contribution in [2.45, 2.75) is 9.79 Å². The number of hydrogen-bond donors (Lipinski definition) is 0. The summed E-state index contributed by atoms with van der Waals surface area (Å²) in [6.07, 6.45) is 3.21. The minimum Gasteiger partial charge on any atom is -0.285 e. The molecule has 6 heteroatoms. The summed E-state index contributed by atoms with van der Waals surface area (Å²) in [5.74, 6) is -0.225. The van der Waals surface area contributed by atoms with E-state index in [4.69, 9.17) is 12.2 Å². The van der Waals surface area contributed by atoms with Crippen LogP contribution >= 0.6 is 24.0 Å². The molecule has 1 aliphatic heterocycles. The second-order valence-electron chi connectivity index (χ2n) is 6.87. The number of anilines is 3. The molecule has 0 bridgehead atoms. The molecule has 1 aliphatic rings. The maximum atomic E-state index is 13.6. The average Bonchev–Trinajstić information content (AvgIpc) is 2.83. The number of hydrogen-bond acceptors (Lipinski definition) is 4. The van der Waals surface area contributed by atoms with Crippen LogP contribution in [0.4, 0.5) is 17.1 Å². The van der Waals surface area contributed by atoms with Crippen molar-refractivity contribution in [1.29, 1.82) is 0 Å². The minimum absolute atomic E-state index is 0.225. The number of carbonyl (C=O) groups is 1. The number of thiocarbonyl (C=S) groups is 1. The molecular weight excluding hydrogens is 422 g/mol. The van der Waals surface area contributed by atoms with Crippen molar-refractivity contribution < 1.29 is 4.79 Å². The third kappa shape index (κ3) is 3.60. The van der Waals surface area contributed by atoms with E-state index in [0.717, 1.165) is 21.2 Å². The van der Waals surface area contributed by atoms with Crippen LogP contribution in [0.5, 0.6) is 0 Å². The Morgan fingerprint density at radius 1 is 0.806 bits per heavy atom. The topological polar surface area (TPSA) is 36.4 Å². The van der Waals surface area contributed by atoms with Gasteiger partial charge in [-0.3, -0.25) is 19.6 Å². The summed E-state index contributed by atoms with van der Waals surface area (Å²) in [6.45, 7) is 0. The zero-order valence-electron chi connectivity index (χ0n) is 16.4. The van der Waals surface area contributed by atoms with Gasteiger partial charge in [0.1, 0.15) is 0 Å². The molecule has 4 nitrogen and oxygen atoms in total. The number of carbonyl (C=O) groups excluding carboxylic acids is 1. The normalized spacial score (nSPS) is 11.9. The molecule has 2 heterocycles. The van der Waals surface area contributed by atoms with Crippen molar-refractivity contribution in [3.05, 3.63) is 109 Å². The Morgan fingerprint density at radius 2 is 1.42 bits per heavy atom. The van der Waals surface area contributed by atoms with E-state index < -0.39 is 0 Å². The lowest BCUT2D eigenvalue weighted by Crippen LogP contribution is -2.45. The molecule has 0 saturated carbocycles. The summed E-state index contributed by atoms with van der Waals surface area (Å²) in [5.41, 5.74) is 3.09. The van der Waals surface area contributed by atoms with E-state index in [9.17, 15) is 4.79 Å². The lowest BCUT2D eigenvalue weighted by atomic mass is 10.2. The smallest absolute Gasteiger partial charge is 0.266 e. The summed E-state index contributed by atoms with van der Waals surface area (Å²) in [6, 6.07) is 29.2. The van der Waals surface area contributed by atoms with Crippen molar-refractivity contribution in [3.63, 3.8) is 0 Å².